The van der Waals surface area contributed by atoms with E-state index in [0.29, 0.717) is 17.3 Å². The summed E-state index contributed by atoms with van der Waals surface area (Å²) in [7, 11) is 0. The van der Waals surface area contributed by atoms with Crippen molar-refractivity contribution in [2.45, 2.75) is 19.6 Å². The third-order valence-corrected chi connectivity index (χ3v) is 4.48. The van der Waals surface area contributed by atoms with Gasteiger partial charge < -0.3 is 10.1 Å². The quantitative estimate of drug-likeness (QED) is 0.697. The summed E-state index contributed by atoms with van der Waals surface area (Å²) in [6.07, 6.45) is 2.39. The number of amides is 1. The number of nitrogens with one attached hydrogen (secondary N) is 1. The molecular weight excluding hydrogens is 375 g/mol. The number of benzene rings is 2. The van der Waals surface area contributed by atoms with Gasteiger partial charge in [0.15, 0.2) is 6.10 Å². The Balaban J connectivity index is 1.55. The number of aromatic nitrogens is 3. The number of halogens is 2. The number of carbonyl (C=O) groups is 1. The van der Waals surface area contributed by atoms with Crippen LogP contribution < -0.4 is 10.1 Å². The highest BCUT2D eigenvalue weighted by atomic mass is 35.5. The third kappa shape index (κ3) is 4.33. The molecule has 0 radical (unpaired) electrons. The highest BCUT2D eigenvalue weighted by molar-refractivity contribution is 6.42. The van der Waals surface area contributed by atoms with Crippen molar-refractivity contribution >= 4 is 29.1 Å². The van der Waals surface area contributed by atoms with Gasteiger partial charge in [-0.05, 0) is 36.8 Å². The van der Waals surface area contributed by atoms with Crippen LogP contribution in [0, 0.1) is 0 Å². The van der Waals surface area contributed by atoms with Crippen LogP contribution in [0.25, 0.3) is 5.69 Å². The van der Waals surface area contributed by atoms with Gasteiger partial charge in [-0.25, -0.2) is 9.67 Å². The molecule has 0 aliphatic carbocycles. The second-order valence-corrected chi connectivity index (χ2v) is 6.32. The Labute approximate surface area is 160 Å². The molecule has 1 aromatic heterocycles. The average molecular weight is 391 g/mol. The molecule has 0 saturated carbocycles. The Morgan fingerprint density at radius 1 is 1.23 bits per heavy atom. The normalized spacial score (nSPS) is 11.8. The van der Waals surface area contributed by atoms with Crippen LogP contribution >= 0.6 is 23.2 Å². The minimum absolute atomic E-state index is 0.249. The van der Waals surface area contributed by atoms with Crippen LogP contribution in [0.5, 0.6) is 5.75 Å². The lowest BCUT2D eigenvalue weighted by atomic mass is 10.2. The van der Waals surface area contributed by atoms with Crippen molar-refractivity contribution < 1.29 is 9.53 Å². The van der Waals surface area contributed by atoms with E-state index in [9.17, 15) is 4.79 Å². The standard InChI is InChI=1S/C18H16Cl2N4O2/c1-12(26-16-4-2-3-15(19)17(16)20)18(25)22-9-13-5-7-14(8-6-13)24-11-21-10-23-24/h2-8,10-12H,9H2,1H3,(H,22,25). The molecule has 1 heterocycles. The topological polar surface area (TPSA) is 69.0 Å². The maximum atomic E-state index is 12.2. The highest BCUT2D eigenvalue weighted by Gasteiger charge is 2.16. The predicted octanol–water partition coefficient (Wildman–Crippen LogP) is 3.66. The maximum Gasteiger partial charge on any atom is 0.261 e. The van der Waals surface area contributed by atoms with Crippen molar-refractivity contribution in [3.8, 4) is 11.4 Å². The number of hydrogen-bond donors (Lipinski definition) is 1. The Bertz CT molecular complexity index is 883. The van der Waals surface area contributed by atoms with Gasteiger partial charge in [0.25, 0.3) is 5.91 Å². The van der Waals surface area contributed by atoms with Gasteiger partial charge in [-0.2, -0.15) is 5.10 Å². The van der Waals surface area contributed by atoms with Crippen LogP contribution in [-0.4, -0.2) is 26.8 Å². The zero-order valence-corrected chi connectivity index (χ0v) is 15.4. The van der Waals surface area contributed by atoms with Crippen LogP contribution in [0.2, 0.25) is 10.0 Å². The number of hydrogen-bond acceptors (Lipinski definition) is 4. The van der Waals surface area contributed by atoms with Gasteiger partial charge >= 0.3 is 0 Å². The molecule has 3 aromatic rings. The summed E-state index contributed by atoms with van der Waals surface area (Å²) in [5.74, 6) is 0.125. The first-order chi connectivity index (χ1) is 12.5. The maximum absolute atomic E-state index is 12.2. The van der Waals surface area contributed by atoms with Crippen molar-refractivity contribution in [2.24, 2.45) is 0 Å². The molecule has 3 rings (SSSR count). The van der Waals surface area contributed by atoms with Gasteiger partial charge in [-0.15, -0.1) is 0 Å². The average Bonchev–Trinajstić information content (AvgIpc) is 3.18. The van der Waals surface area contributed by atoms with E-state index >= 15 is 0 Å². The number of carbonyl (C=O) groups excluding carboxylic acids is 1. The molecule has 1 unspecified atom stereocenters. The molecule has 0 aliphatic heterocycles. The lowest BCUT2D eigenvalue weighted by molar-refractivity contribution is -0.127. The van der Waals surface area contributed by atoms with Gasteiger partial charge in [0.1, 0.15) is 23.4 Å². The monoisotopic (exact) mass is 390 g/mol. The Morgan fingerprint density at radius 3 is 2.69 bits per heavy atom. The SMILES string of the molecule is CC(Oc1cccc(Cl)c1Cl)C(=O)NCc1ccc(-n2cncn2)cc1. The first-order valence-electron chi connectivity index (χ1n) is 7.87. The van der Waals surface area contributed by atoms with Gasteiger partial charge in [0.05, 0.1) is 10.7 Å². The van der Waals surface area contributed by atoms with E-state index in [1.165, 1.54) is 6.33 Å². The fourth-order valence-corrected chi connectivity index (χ4v) is 2.60. The third-order valence-electron chi connectivity index (χ3n) is 3.68. The minimum atomic E-state index is -0.708. The fraction of sp³-hybridized carbons (Fsp3) is 0.167. The fourth-order valence-electron chi connectivity index (χ4n) is 2.26. The minimum Gasteiger partial charge on any atom is -0.479 e. The lowest BCUT2D eigenvalue weighted by Gasteiger charge is -2.16. The summed E-state index contributed by atoms with van der Waals surface area (Å²) in [4.78, 5) is 16.1. The molecule has 1 amide bonds. The molecule has 0 aliphatic rings. The Morgan fingerprint density at radius 2 is 2.00 bits per heavy atom. The summed E-state index contributed by atoms with van der Waals surface area (Å²) in [5.41, 5.74) is 1.85. The van der Waals surface area contributed by atoms with E-state index in [1.54, 1.807) is 36.1 Å². The van der Waals surface area contributed by atoms with Crippen LogP contribution in [0.1, 0.15) is 12.5 Å². The second-order valence-electron chi connectivity index (χ2n) is 5.54. The summed E-state index contributed by atoms with van der Waals surface area (Å²) in [5, 5.41) is 7.57. The van der Waals surface area contributed by atoms with E-state index in [1.807, 2.05) is 24.3 Å². The van der Waals surface area contributed by atoms with Gasteiger partial charge in [-0.1, -0.05) is 41.4 Å². The largest absolute Gasteiger partial charge is 0.479 e. The van der Waals surface area contributed by atoms with Gasteiger partial charge in [0, 0.05) is 6.54 Å². The van der Waals surface area contributed by atoms with E-state index in [-0.39, 0.29) is 10.9 Å². The number of rotatable bonds is 6. The zero-order chi connectivity index (χ0) is 18.5. The van der Waals surface area contributed by atoms with Crippen molar-refractivity contribution in [3.63, 3.8) is 0 Å². The van der Waals surface area contributed by atoms with Crippen molar-refractivity contribution in [3.05, 3.63) is 70.7 Å². The van der Waals surface area contributed by atoms with E-state index in [0.717, 1.165) is 11.3 Å². The molecular formula is C18H16Cl2N4O2. The van der Waals surface area contributed by atoms with Crippen LogP contribution in [0.3, 0.4) is 0 Å². The van der Waals surface area contributed by atoms with E-state index in [4.69, 9.17) is 27.9 Å². The second kappa shape index (κ2) is 8.21. The van der Waals surface area contributed by atoms with Crippen LogP contribution in [0.4, 0.5) is 0 Å². The first-order valence-corrected chi connectivity index (χ1v) is 8.62. The Kier molecular flexibility index (Phi) is 5.75. The zero-order valence-electron chi connectivity index (χ0n) is 13.9. The highest BCUT2D eigenvalue weighted by Crippen LogP contribution is 2.32. The van der Waals surface area contributed by atoms with Crippen molar-refractivity contribution in [1.82, 2.24) is 20.1 Å². The van der Waals surface area contributed by atoms with Crippen LogP contribution in [-0.2, 0) is 11.3 Å². The molecule has 1 N–H and O–H groups in total. The summed E-state index contributed by atoms with van der Waals surface area (Å²) < 4.78 is 7.26. The summed E-state index contributed by atoms with van der Waals surface area (Å²) >= 11 is 12.0. The molecule has 2 aromatic carbocycles. The van der Waals surface area contributed by atoms with E-state index < -0.39 is 6.10 Å². The molecule has 134 valence electrons. The van der Waals surface area contributed by atoms with E-state index in [2.05, 4.69) is 15.4 Å². The number of ether oxygens (including phenoxy) is 1. The summed E-state index contributed by atoms with van der Waals surface area (Å²) in [6.45, 7) is 2.04. The molecule has 0 bridgehead atoms. The smallest absolute Gasteiger partial charge is 0.261 e. The summed E-state index contributed by atoms with van der Waals surface area (Å²) in [6, 6.07) is 12.7. The van der Waals surface area contributed by atoms with Gasteiger partial charge in [0.2, 0.25) is 0 Å². The lowest BCUT2D eigenvalue weighted by Crippen LogP contribution is -2.35. The predicted molar refractivity (Wildman–Crippen MR) is 99.8 cm³/mol. The molecule has 0 saturated heterocycles. The molecule has 26 heavy (non-hydrogen) atoms. The van der Waals surface area contributed by atoms with Crippen molar-refractivity contribution in [2.75, 3.05) is 0 Å². The van der Waals surface area contributed by atoms with Crippen LogP contribution in [0.15, 0.2) is 55.1 Å². The molecule has 8 heteroatoms. The van der Waals surface area contributed by atoms with Gasteiger partial charge in [-0.3, -0.25) is 4.79 Å². The molecule has 6 nitrogen and oxygen atoms in total. The molecule has 0 fully saturated rings. The molecule has 0 spiro atoms. The molecule has 1 atom stereocenters. The Hall–Kier alpha value is -2.57. The van der Waals surface area contributed by atoms with Crippen molar-refractivity contribution in [1.29, 1.82) is 0 Å². The first kappa shape index (κ1) is 18.2. The number of nitrogens with zero attached hydrogens (tertiary/aromatic N) is 3.